The van der Waals surface area contributed by atoms with Crippen LogP contribution in [0.3, 0.4) is 0 Å². The van der Waals surface area contributed by atoms with Gasteiger partial charge in [-0.25, -0.2) is 13.2 Å². The molecule has 1 amide bonds. The van der Waals surface area contributed by atoms with Crippen LogP contribution in [0.15, 0.2) is 78.9 Å². The van der Waals surface area contributed by atoms with E-state index >= 15 is 0 Å². The number of ether oxygens (including phenoxy) is 2. The van der Waals surface area contributed by atoms with Crippen LogP contribution in [-0.2, 0) is 26.1 Å². The molecule has 0 aliphatic heterocycles. The molecule has 0 fully saturated rings. The number of amides is 1. The van der Waals surface area contributed by atoms with E-state index in [1.54, 1.807) is 42.5 Å². The van der Waals surface area contributed by atoms with Crippen LogP contribution in [0, 0.1) is 0 Å². The van der Waals surface area contributed by atoms with Gasteiger partial charge in [0, 0.05) is 10.4 Å². The quantitative estimate of drug-likeness (QED) is 0.319. The summed E-state index contributed by atoms with van der Waals surface area (Å²) in [5.74, 6) is -0.331. The monoisotopic (exact) mass is 524 g/mol. The summed E-state index contributed by atoms with van der Waals surface area (Å²) >= 11 is 1.32. The van der Waals surface area contributed by atoms with Crippen LogP contribution >= 0.6 is 11.3 Å². The molecule has 1 aromatic heterocycles. The number of hydrogen-bond donors (Lipinski definition) is 1. The van der Waals surface area contributed by atoms with Crippen LogP contribution in [-0.4, -0.2) is 40.3 Å². The molecule has 0 spiro atoms. The van der Waals surface area contributed by atoms with Gasteiger partial charge in [-0.15, -0.1) is 11.3 Å². The number of methoxy groups -OCH3 is 1. The molecule has 0 aliphatic rings. The second kappa shape index (κ2) is 10.8. The molecule has 36 heavy (non-hydrogen) atoms. The molecule has 0 radical (unpaired) electrons. The minimum absolute atomic E-state index is 0.206. The van der Waals surface area contributed by atoms with Crippen LogP contribution in [0.1, 0.15) is 15.2 Å². The first-order valence-corrected chi connectivity index (χ1v) is 13.6. The predicted octanol–water partition coefficient (Wildman–Crippen LogP) is 4.67. The Kier molecular flexibility index (Phi) is 7.56. The van der Waals surface area contributed by atoms with Crippen molar-refractivity contribution in [1.82, 2.24) is 0 Å². The Morgan fingerprint density at radius 2 is 1.69 bits per heavy atom. The van der Waals surface area contributed by atoms with Gasteiger partial charge in [0.1, 0.15) is 10.6 Å². The van der Waals surface area contributed by atoms with E-state index in [9.17, 15) is 18.0 Å². The van der Waals surface area contributed by atoms with E-state index < -0.39 is 16.0 Å². The fourth-order valence-corrected chi connectivity index (χ4v) is 5.38. The van der Waals surface area contributed by atoms with Crippen LogP contribution in [0.4, 0.5) is 11.4 Å². The zero-order valence-corrected chi connectivity index (χ0v) is 21.3. The SMILES string of the molecule is COC(=O)c1cc2cc(NC(=O)COc3ccc(N(Cc4ccccc4)S(C)(=O)=O)cc3)ccc2s1. The largest absolute Gasteiger partial charge is 0.484 e. The van der Waals surface area contributed by atoms with Crippen LogP contribution < -0.4 is 14.4 Å². The Morgan fingerprint density at radius 1 is 0.972 bits per heavy atom. The van der Waals surface area contributed by atoms with Gasteiger partial charge in [0.25, 0.3) is 5.91 Å². The molecule has 186 valence electrons. The number of fused-ring (bicyclic) bond motifs is 1. The molecule has 1 N–H and O–H groups in total. The summed E-state index contributed by atoms with van der Waals surface area (Å²) in [6, 6.07) is 22.9. The number of nitrogens with zero attached hydrogens (tertiary/aromatic N) is 1. The van der Waals surface area contributed by atoms with Gasteiger partial charge < -0.3 is 14.8 Å². The van der Waals surface area contributed by atoms with Gasteiger partial charge in [-0.05, 0) is 59.5 Å². The summed E-state index contributed by atoms with van der Waals surface area (Å²) in [6.45, 7) is -0.0217. The van der Waals surface area contributed by atoms with E-state index in [4.69, 9.17) is 9.47 Å². The molecule has 1 heterocycles. The summed E-state index contributed by atoms with van der Waals surface area (Å²) in [5.41, 5.74) is 1.93. The zero-order valence-electron chi connectivity index (χ0n) is 19.6. The van der Waals surface area contributed by atoms with Crippen molar-refractivity contribution in [3.8, 4) is 5.75 Å². The lowest BCUT2D eigenvalue weighted by molar-refractivity contribution is -0.118. The van der Waals surface area contributed by atoms with Gasteiger partial charge in [-0.1, -0.05) is 30.3 Å². The number of benzene rings is 3. The van der Waals surface area contributed by atoms with E-state index in [0.717, 1.165) is 21.9 Å². The molecule has 0 unspecified atom stereocenters. The third-order valence-corrected chi connectivity index (χ3v) is 7.49. The normalized spacial score (nSPS) is 11.2. The molecule has 0 saturated carbocycles. The van der Waals surface area contributed by atoms with Crippen molar-refractivity contribution in [3.05, 3.63) is 89.3 Å². The predicted molar refractivity (Wildman–Crippen MR) is 141 cm³/mol. The number of anilines is 2. The Morgan fingerprint density at radius 3 is 2.36 bits per heavy atom. The average Bonchev–Trinajstić information content (AvgIpc) is 3.29. The number of nitrogens with one attached hydrogen (secondary N) is 1. The lowest BCUT2D eigenvalue weighted by atomic mass is 10.2. The fraction of sp³-hybridized carbons (Fsp3) is 0.154. The first kappa shape index (κ1) is 25.2. The fourth-order valence-electron chi connectivity index (χ4n) is 3.53. The van der Waals surface area contributed by atoms with Crippen molar-refractivity contribution >= 4 is 54.7 Å². The molecule has 4 aromatic rings. The number of rotatable bonds is 9. The molecule has 0 atom stereocenters. The number of hydrogen-bond acceptors (Lipinski definition) is 7. The van der Waals surface area contributed by atoms with E-state index in [0.29, 0.717) is 22.0 Å². The summed E-state index contributed by atoms with van der Waals surface area (Å²) < 4.78 is 37.3. The summed E-state index contributed by atoms with van der Waals surface area (Å²) in [4.78, 5) is 24.6. The zero-order chi connectivity index (χ0) is 25.7. The maximum atomic E-state index is 12.4. The second-order valence-electron chi connectivity index (χ2n) is 7.94. The van der Waals surface area contributed by atoms with Crippen molar-refractivity contribution in [3.63, 3.8) is 0 Å². The summed E-state index contributed by atoms with van der Waals surface area (Å²) in [6.07, 6.45) is 1.16. The van der Waals surface area contributed by atoms with Crippen LogP contribution in [0.5, 0.6) is 5.75 Å². The van der Waals surface area contributed by atoms with Crippen molar-refractivity contribution < 1.29 is 27.5 Å². The highest BCUT2D eigenvalue weighted by Gasteiger charge is 2.18. The van der Waals surface area contributed by atoms with Crippen LogP contribution in [0.2, 0.25) is 0 Å². The highest BCUT2D eigenvalue weighted by atomic mass is 32.2. The van der Waals surface area contributed by atoms with Gasteiger partial charge in [0.05, 0.1) is 25.6 Å². The van der Waals surface area contributed by atoms with E-state index in [-0.39, 0.29) is 19.1 Å². The Labute approximate surface area is 213 Å². The maximum Gasteiger partial charge on any atom is 0.348 e. The lowest BCUT2D eigenvalue weighted by Crippen LogP contribution is -2.29. The van der Waals surface area contributed by atoms with Gasteiger partial charge >= 0.3 is 5.97 Å². The lowest BCUT2D eigenvalue weighted by Gasteiger charge is -2.22. The van der Waals surface area contributed by atoms with Crippen molar-refractivity contribution in [2.45, 2.75) is 6.54 Å². The first-order chi connectivity index (χ1) is 17.2. The number of carbonyl (C=O) groups is 2. The molecule has 8 nitrogen and oxygen atoms in total. The highest BCUT2D eigenvalue weighted by Crippen LogP contribution is 2.29. The molecule has 4 rings (SSSR count). The average molecular weight is 525 g/mol. The Balaban J connectivity index is 1.37. The maximum absolute atomic E-state index is 12.4. The molecule has 3 aromatic carbocycles. The Hall–Kier alpha value is -3.89. The van der Waals surface area contributed by atoms with Gasteiger partial charge in [-0.2, -0.15) is 0 Å². The molecular formula is C26H24N2O6S2. The number of esters is 1. The van der Waals surface area contributed by atoms with Gasteiger partial charge in [0.15, 0.2) is 6.61 Å². The molecule has 0 bridgehead atoms. The molecule has 0 saturated heterocycles. The topological polar surface area (TPSA) is 102 Å². The number of sulfonamides is 1. The van der Waals surface area contributed by atoms with Crippen molar-refractivity contribution in [2.24, 2.45) is 0 Å². The first-order valence-electron chi connectivity index (χ1n) is 10.9. The van der Waals surface area contributed by atoms with E-state index in [2.05, 4.69) is 5.32 Å². The number of thiophene rings is 1. The van der Waals surface area contributed by atoms with Crippen molar-refractivity contribution in [1.29, 1.82) is 0 Å². The standard InChI is InChI=1S/C26H24N2O6S2/c1-33-26(30)24-15-19-14-20(8-13-23(19)35-24)27-25(29)17-34-22-11-9-21(10-12-22)28(36(2,31)32)16-18-6-4-3-5-7-18/h3-15H,16-17H2,1-2H3,(H,27,29). The van der Waals surface area contributed by atoms with Gasteiger partial charge in [-0.3, -0.25) is 9.10 Å². The van der Waals surface area contributed by atoms with Crippen LogP contribution in [0.25, 0.3) is 10.1 Å². The summed E-state index contributed by atoms with van der Waals surface area (Å²) in [7, 11) is -2.17. The molecular weight excluding hydrogens is 500 g/mol. The van der Waals surface area contributed by atoms with E-state index in [1.165, 1.54) is 22.8 Å². The second-order valence-corrected chi connectivity index (χ2v) is 10.9. The third-order valence-electron chi connectivity index (χ3n) is 5.25. The minimum Gasteiger partial charge on any atom is -0.484 e. The summed E-state index contributed by atoms with van der Waals surface area (Å²) in [5, 5.41) is 3.59. The molecule has 0 aliphatic carbocycles. The molecule has 10 heteroatoms. The highest BCUT2D eigenvalue weighted by molar-refractivity contribution is 7.92. The smallest absolute Gasteiger partial charge is 0.348 e. The Bertz CT molecular complexity index is 1480. The third kappa shape index (κ3) is 6.21. The minimum atomic E-state index is -3.51. The van der Waals surface area contributed by atoms with E-state index in [1.807, 2.05) is 36.4 Å². The van der Waals surface area contributed by atoms with Gasteiger partial charge in [0.2, 0.25) is 10.0 Å². The number of carbonyl (C=O) groups excluding carboxylic acids is 2. The van der Waals surface area contributed by atoms with Crippen molar-refractivity contribution in [2.75, 3.05) is 29.6 Å².